The number of hydrogen-bond acceptors (Lipinski definition) is 4. The van der Waals surface area contributed by atoms with Crippen molar-refractivity contribution in [2.45, 2.75) is 38.0 Å². The lowest BCUT2D eigenvalue weighted by Gasteiger charge is -2.35. The molecule has 1 aromatic carbocycles. The van der Waals surface area contributed by atoms with Crippen LogP contribution in [0.2, 0.25) is 10.0 Å². The first-order valence-corrected chi connectivity index (χ1v) is 9.83. The van der Waals surface area contributed by atoms with Crippen LogP contribution in [0.25, 0.3) is 0 Å². The largest absolute Gasteiger partial charge is 0.478 e. The number of benzene rings is 1. The Bertz CT molecular complexity index is 723. The third-order valence-corrected chi connectivity index (χ3v) is 5.14. The van der Waals surface area contributed by atoms with Gasteiger partial charge in [0.25, 0.3) is 0 Å². The highest BCUT2D eigenvalue weighted by atomic mass is 35.5. The molecule has 6 nitrogen and oxygen atoms in total. The SMILES string of the molecule is FC(F)(F)CCN(Cc1cccc(Cl)c1Cl)C1CCNCC1.O=C(O)C=CC(=O)O. The zero-order valence-electron chi connectivity index (χ0n) is 16.0. The summed E-state index contributed by atoms with van der Waals surface area (Å²) in [5, 5.41) is 19.7. The van der Waals surface area contributed by atoms with Crippen LogP contribution < -0.4 is 5.32 Å². The van der Waals surface area contributed by atoms with Crippen LogP contribution in [-0.2, 0) is 16.1 Å². The van der Waals surface area contributed by atoms with Crippen molar-refractivity contribution in [1.29, 1.82) is 0 Å². The van der Waals surface area contributed by atoms with E-state index in [0.717, 1.165) is 31.5 Å². The summed E-state index contributed by atoms with van der Waals surface area (Å²) in [4.78, 5) is 21.0. The summed E-state index contributed by atoms with van der Waals surface area (Å²) in [6.07, 6.45) is -2.16. The van der Waals surface area contributed by atoms with Crippen molar-refractivity contribution in [1.82, 2.24) is 10.2 Å². The summed E-state index contributed by atoms with van der Waals surface area (Å²) in [7, 11) is 0. The molecule has 1 heterocycles. The van der Waals surface area contributed by atoms with Gasteiger partial charge in [-0.05, 0) is 37.6 Å². The minimum absolute atomic E-state index is 0.0169. The number of halogens is 5. The van der Waals surface area contributed by atoms with Gasteiger partial charge >= 0.3 is 18.1 Å². The average Bonchev–Trinajstić information content (AvgIpc) is 2.67. The third-order valence-electron chi connectivity index (χ3n) is 4.28. The van der Waals surface area contributed by atoms with Crippen molar-refractivity contribution in [3.63, 3.8) is 0 Å². The number of aliphatic carboxylic acids is 2. The van der Waals surface area contributed by atoms with Crippen LogP contribution in [-0.4, -0.2) is 58.9 Å². The fourth-order valence-corrected chi connectivity index (χ4v) is 3.24. The van der Waals surface area contributed by atoms with Crippen molar-refractivity contribution < 1.29 is 33.0 Å². The standard InChI is InChI=1S/C15H19Cl2F3N2.C4H4O4/c16-13-3-1-2-11(14(13)17)10-22(9-6-15(18,19)20)12-4-7-21-8-5-12;5-3(6)1-2-4(7)8/h1-3,12,21H,4-10H2;1-2H,(H,5,6)(H,7,8). The highest BCUT2D eigenvalue weighted by molar-refractivity contribution is 6.42. The Morgan fingerprint density at radius 3 is 2.20 bits per heavy atom. The van der Waals surface area contributed by atoms with Gasteiger partial charge in [0.15, 0.2) is 0 Å². The van der Waals surface area contributed by atoms with Crippen molar-refractivity contribution in [3.05, 3.63) is 46.0 Å². The second kappa shape index (κ2) is 12.8. The number of hydrogen-bond donors (Lipinski definition) is 3. The van der Waals surface area contributed by atoms with E-state index in [0.29, 0.717) is 28.7 Å². The van der Waals surface area contributed by atoms with E-state index in [4.69, 9.17) is 33.4 Å². The Morgan fingerprint density at radius 2 is 1.70 bits per heavy atom. The van der Waals surface area contributed by atoms with Gasteiger partial charge in [-0.25, -0.2) is 9.59 Å². The van der Waals surface area contributed by atoms with E-state index in [2.05, 4.69) is 5.32 Å². The molecule has 3 N–H and O–H groups in total. The fraction of sp³-hybridized carbons (Fsp3) is 0.474. The molecule has 0 bridgehead atoms. The number of carbonyl (C=O) groups is 2. The van der Waals surface area contributed by atoms with Gasteiger partial charge in [0.05, 0.1) is 16.5 Å². The van der Waals surface area contributed by atoms with E-state index in [9.17, 15) is 22.8 Å². The summed E-state index contributed by atoms with van der Waals surface area (Å²) in [6, 6.07) is 5.40. The normalized spacial score (nSPS) is 15.1. The Labute approximate surface area is 182 Å². The summed E-state index contributed by atoms with van der Waals surface area (Å²) in [5.41, 5.74) is 0.773. The summed E-state index contributed by atoms with van der Waals surface area (Å²) < 4.78 is 37.7. The highest BCUT2D eigenvalue weighted by Gasteiger charge is 2.30. The Hall–Kier alpha value is -1.81. The van der Waals surface area contributed by atoms with Crippen LogP contribution in [0.4, 0.5) is 13.2 Å². The molecule has 30 heavy (non-hydrogen) atoms. The van der Waals surface area contributed by atoms with Crippen LogP contribution in [0.3, 0.4) is 0 Å². The van der Waals surface area contributed by atoms with Crippen molar-refractivity contribution >= 4 is 35.1 Å². The predicted molar refractivity (Wildman–Crippen MR) is 108 cm³/mol. The number of carboxylic acids is 2. The van der Waals surface area contributed by atoms with E-state index < -0.39 is 24.5 Å². The maximum absolute atomic E-state index is 12.6. The molecule has 1 aliphatic heterocycles. The molecule has 0 amide bonds. The molecule has 1 saturated heterocycles. The van der Waals surface area contributed by atoms with Crippen molar-refractivity contribution in [2.24, 2.45) is 0 Å². The molecular formula is C19H23Cl2F3N2O4. The molecule has 0 radical (unpaired) electrons. The Balaban J connectivity index is 0.000000479. The number of nitrogens with zero attached hydrogens (tertiary/aromatic N) is 1. The highest BCUT2D eigenvalue weighted by Crippen LogP contribution is 2.29. The lowest BCUT2D eigenvalue weighted by Crippen LogP contribution is -2.44. The zero-order valence-corrected chi connectivity index (χ0v) is 17.5. The number of nitrogens with one attached hydrogen (secondary N) is 1. The second-order valence-corrected chi connectivity index (χ2v) is 7.32. The quantitative estimate of drug-likeness (QED) is 0.517. The second-order valence-electron chi connectivity index (χ2n) is 6.54. The molecule has 0 unspecified atom stereocenters. The van der Waals surface area contributed by atoms with Gasteiger partial charge in [0.1, 0.15) is 0 Å². The minimum Gasteiger partial charge on any atom is -0.478 e. The maximum atomic E-state index is 12.6. The smallest absolute Gasteiger partial charge is 0.390 e. The van der Waals surface area contributed by atoms with E-state index in [1.54, 1.807) is 12.1 Å². The lowest BCUT2D eigenvalue weighted by atomic mass is 10.0. The molecule has 0 atom stereocenters. The first kappa shape index (κ1) is 26.2. The summed E-state index contributed by atoms with van der Waals surface area (Å²) >= 11 is 12.2. The van der Waals surface area contributed by atoms with Crippen LogP contribution >= 0.6 is 23.2 Å². The predicted octanol–water partition coefficient (Wildman–Crippen LogP) is 4.21. The molecule has 0 aromatic heterocycles. The number of alkyl halides is 3. The lowest BCUT2D eigenvalue weighted by molar-refractivity contribution is -0.140. The van der Waals surface area contributed by atoms with Crippen LogP contribution in [0.1, 0.15) is 24.8 Å². The van der Waals surface area contributed by atoms with Crippen molar-refractivity contribution in [2.75, 3.05) is 19.6 Å². The van der Waals surface area contributed by atoms with E-state index in [1.807, 2.05) is 11.0 Å². The maximum Gasteiger partial charge on any atom is 0.390 e. The van der Waals surface area contributed by atoms with Crippen LogP contribution in [0, 0.1) is 0 Å². The molecular weight excluding hydrogens is 448 g/mol. The monoisotopic (exact) mass is 470 g/mol. The molecule has 2 rings (SSSR count). The molecule has 11 heteroatoms. The molecule has 0 saturated carbocycles. The van der Waals surface area contributed by atoms with Crippen LogP contribution in [0.15, 0.2) is 30.4 Å². The topological polar surface area (TPSA) is 89.9 Å². The van der Waals surface area contributed by atoms with E-state index in [-0.39, 0.29) is 12.6 Å². The summed E-state index contributed by atoms with van der Waals surface area (Å²) in [5.74, 6) is -2.51. The Morgan fingerprint density at radius 1 is 1.13 bits per heavy atom. The van der Waals surface area contributed by atoms with Gasteiger partial charge in [-0.1, -0.05) is 35.3 Å². The number of carboxylic acid groups (broad SMARTS) is 2. The minimum atomic E-state index is -4.15. The molecule has 1 aromatic rings. The van der Waals surface area contributed by atoms with Gasteiger partial charge in [0.2, 0.25) is 0 Å². The van der Waals surface area contributed by atoms with Gasteiger partial charge in [-0.3, -0.25) is 4.90 Å². The van der Waals surface area contributed by atoms with Gasteiger partial charge in [-0.2, -0.15) is 13.2 Å². The van der Waals surface area contributed by atoms with Gasteiger partial charge < -0.3 is 15.5 Å². The van der Waals surface area contributed by atoms with Gasteiger partial charge in [0, 0.05) is 31.3 Å². The number of rotatable bonds is 7. The van der Waals surface area contributed by atoms with E-state index in [1.165, 1.54) is 0 Å². The third kappa shape index (κ3) is 10.8. The molecule has 1 fully saturated rings. The Kier molecular flexibility index (Phi) is 11.2. The molecule has 168 valence electrons. The number of piperidine rings is 1. The summed E-state index contributed by atoms with van der Waals surface area (Å²) in [6.45, 7) is 2.03. The molecule has 0 spiro atoms. The van der Waals surface area contributed by atoms with Gasteiger partial charge in [-0.15, -0.1) is 0 Å². The van der Waals surface area contributed by atoms with E-state index >= 15 is 0 Å². The van der Waals surface area contributed by atoms with Crippen molar-refractivity contribution in [3.8, 4) is 0 Å². The average molecular weight is 471 g/mol. The zero-order chi connectivity index (χ0) is 22.7. The molecule has 0 aliphatic carbocycles. The first-order chi connectivity index (χ1) is 14.0. The molecule has 1 aliphatic rings. The fourth-order valence-electron chi connectivity index (χ4n) is 2.86. The van der Waals surface area contributed by atoms with Crippen LogP contribution in [0.5, 0.6) is 0 Å². The first-order valence-electron chi connectivity index (χ1n) is 9.08.